The van der Waals surface area contributed by atoms with E-state index < -0.39 is 5.91 Å². The van der Waals surface area contributed by atoms with Gasteiger partial charge in [0.2, 0.25) is 11.8 Å². The van der Waals surface area contributed by atoms with Crippen molar-refractivity contribution < 1.29 is 14.4 Å². The highest BCUT2D eigenvalue weighted by atomic mass is 16.2. The Labute approximate surface area is 157 Å². The topological polar surface area (TPSA) is 96.1 Å². The normalized spacial score (nSPS) is 13.9. The zero-order valence-electron chi connectivity index (χ0n) is 15.0. The summed E-state index contributed by atoms with van der Waals surface area (Å²) in [7, 11) is 1.66. The molecular formula is C20H20N4O3. The van der Waals surface area contributed by atoms with Crippen molar-refractivity contribution in [3.63, 3.8) is 0 Å². The molecule has 2 aromatic carbocycles. The van der Waals surface area contributed by atoms with E-state index in [1.54, 1.807) is 37.4 Å². The summed E-state index contributed by atoms with van der Waals surface area (Å²) in [4.78, 5) is 37.8. The average Bonchev–Trinajstić information content (AvgIpc) is 2.68. The molecular weight excluding hydrogens is 344 g/mol. The molecule has 0 saturated carbocycles. The first-order valence-electron chi connectivity index (χ1n) is 8.55. The zero-order valence-corrected chi connectivity index (χ0v) is 15.0. The maximum absolute atomic E-state index is 12.8. The van der Waals surface area contributed by atoms with Crippen LogP contribution in [0.5, 0.6) is 0 Å². The van der Waals surface area contributed by atoms with E-state index in [-0.39, 0.29) is 18.2 Å². The number of nitrogens with zero attached hydrogens (tertiary/aromatic N) is 3. The monoisotopic (exact) mass is 364 g/mol. The molecule has 1 heterocycles. The Kier molecular flexibility index (Phi) is 5.30. The van der Waals surface area contributed by atoms with Gasteiger partial charge < -0.3 is 10.6 Å². The van der Waals surface area contributed by atoms with E-state index in [2.05, 4.69) is 5.10 Å². The van der Waals surface area contributed by atoms with Gasteiger partial charge in [-0.1, -0.05) is 30.3 Å². The van der Waals surface area contributed by atoms with Crippen LogP contribution in [0.15, 0.2) is 59.7 Å². The standard InChI is InChI=1S/C20H20N4O3/c1-23(13-14-6-5-7-15(12-14)19(21)26)20(27)17-10-11-18(25)24(22-17)16-8-3-2-4-9-16/h2-9,12H,10-11,13H2,1H3,(H2,21,26). The van der Waals surface area contributed by atoms with Crippen LogP contribution in [0.4, 0.5) is 5.69 Å². The molecule has 138 valence electrons. The number of primary amides is 1. The van der Waals surface area contributed by atoms with Crippen LogP contribution in [0.3, 0.4) is 0 Å². The van der Waals surface area contributed by atoms with Crippen molar-refractivity contribution in [1.82, 2.24) is 4.90 Å². The third-order valence-corrected chi connectivity index (χ3v) is 4.26. The second-order valence-corrected chi connectivity index (χ2v) is 6.31. The molecule has 2 aromatic rings. The Morgan fingerprint density at radius 1 is 1.11 bits per heavy atom. The molecule has 3 rings (SSSR count). The molecule has 1 aliphatic rings. The Bertz CT molecular complexity index is 908. The second-order valence-electron chi connectivity index (χ2n) is 6.31. The second kappa shape index (κ2) is 7.82. The summed E-state index contributed by atoms with van der Waals surface area (Å²) in [6, 6.07) is 15.8. The number of para-hydroxylation sites is 1. The van der Waals surface area contributed by atoms with Crippen LogP contribution in [-0.2, 0) is 16.1 Å². The third-order valence-electron chi connectivity index (χ3n) is 4.26. The van der Waals surface area contributed by atoms with Gasteiger partial charge in [0.25, 0.3) is 5.91 Å². The van der Waals surface area contributed by atoms with Gasteiger partial charge in [0, 0.05) is 32.0 Å². The third kappa shape index (κ3) is 4.20. The summed E-state index contributed by atoms with van der Waals surface area (Å²) >= 11 is 0. The van der Waals surface area contributed by atoms with Crippen LogP contribution in [-0.4, -0.2) is 35.4 Å². The van der Waals surface area contributed by atoms with Gasteiger partial charge in [-0.25, -0.2) is 5.01 Å². The molecule has 1 aliphatic heterocycles. The molecule has 0 saturated heterocycles. The molecule has 7 heteroatoms. The smallest absolute Gasteiger partial charge is 0.270 e. The van der Waals surface area contributed by atoms with Crippen molar-refractivity contribution in [3.8, 4) is 0 Å². The number of benzene rings is 2. The molecule has 0 unspecified atom stereocenters. The highest BCUT2D eigenvalue weighted by Crippen LogP contribution is 2.20. The quantitative estimate of drug-likeness (QED) is 0.878. The molecule has 7 nitrogen and oxygen atoms in total. The van der Waals surface area contributed by atoms with Crippen LogP contribution in [0, 0.1) is 0 Å². The first-order valence-corrected chi connectivity index (χ1v) is 8.55. The zero-order chi connectivity index (χ0) is 19.4. The summed E-state index contributed by atoms with van der Waals surface area (Å²) in [5, 5.41) is 5.55. The van der Waals surface area contributed by atoms with Gasteiger partial charge in [-0.3, -0.25) is 14.4 Å². The van der Waals surface area contributed by atoms with Crippen molar-refractivity contribution in [2.24, 2.45) is 10.8 Å². The number of carbonyl (C=O) groups excluding carboxylic acids is 3. The number of hydrazone groups is 1. The fourth-order valence-electron chi connectivity index (χ4n) is 2.87. The van der Waals surface area contributed by atoms with Crippen molar-refractivity contribution in [3.05, 3.63) is 65.7 Å². The predicted molar refractivity (Wildman–Crippen MR) is 102 cm³/mol. The van der Waals surface area contributed by atoms with Gasteiger partial charge >= 0.3 is 0 Å². The average molecular weight is 364 g/mol. The fourth-order valence-corrected chi connectivity index (χ4v) is 2.87. The predicted octanol–water partition coefficient (Wildman–Crippen LogP) is 1.93. The van der Waals surface area contributed by atoms with Gasteiger partial charge in [0.1, 0.15) is 5.71 Å². The summed E-state index contributed by atoms with van der Waals surface area (Å²) in [6.07, 6.45) is 0.525. The number of carbonyl (C=O) groups is 3. The van der Waals surface area contributed by atoms with E-state index >= 15 is 0 Å². The van der Waals surface area contributed by atoms with E-state index in [0.29, 0.717) is 29.9 Å². The summed E-state index contributed by atoms with van der Waals surface area (Å²) in [6.45, 7) is 0.304. The number of hydrogen-bond acceptors (Lipinski definition) is 4. The SMILES string of the molecule is CN(Cc1cccc(C(N)=O)c1)C(=O)C1=NN(c2ccccc2)C(=O)CC1. The maximum Gasteiger partial charge on any atom is 0.270 e. The molecule has 0 fully saturated rings. The van der Waals surface area contributed by atoms with Crippen molar-refractivity contribution in [2.75, 3.05) is 12.1 Å². The summed E-state index contributed by atoms with van der Waals surface area (Å²) in [5.74, 6) is -0.915. The lowest BCUT2D eigenvalue weighted by Gasteiger charge is -2.25. The van der Waals surface area contributed by atoms with Gasteiger partial charge in [-0.05, 0) is 29.8 Å². The molecule has 27 heavy (non-hydrogen) atoms. The lowest BCUT2D eigenvalue weighted by atomic mass is 10.1. The first kappa shape index (κ1) is 18.3. The highest BCUT2D eigenvalue weighted by molar-refractivity contribution is 6.40. The van der Waals surface area contributed by atoms with Gasteiger partial charge in [-0.15, -0.1) is 0 Å². The first-order chi connectivity index (χ1) is 13.0. The summed E-state index contributed by atoms with van der Waals surface area (Å²) in [5.41, 5.74) is 7.43. The van der Waals surface area contributed by atoms with Crippen molar-refractivity contribution in [2.45, 2.75) is 19.4 Å². The highest BCUT2D eigenvalue weighted by Gasteiger charge is 2.27. The minimum absolute atomic E-state index is 0.144. The largest absolute Gasteiger partial charge is 0.366 e. The molecule has 0 radical (unpaired) electrons. The van der Waals surface area contributed by atoms with E-state index in [9.17, 15) is 14.4 Å². The van der Waals surface area contributed by atoms with E-state index in [0.717, 1.165) is 5.56 Å². The molecule has 0 atom stereocenters. The summed E-state index contributed by atoms with van der Waals surface area (Å²) < 4.78 is 0. The molecule has 0 aromatic heterocycles. The number of anilines is 1. The maximum atomic E-state index is 12.8. The van der Waals surface area contributed by atoms with Crippen LogP contribution in [0.25, 0.3) is 0 Å². The molecule has 0 aliphatic carbocycles. The van der Waals surface area contributed by atoms with Crippen LogP contribution in [0.1, 0.15) is 28.8 Å². The lowest BCUT2D eigenvalue weighted by Crippen LogP contribution is -2.39. The van der Waals surface area contributed by atoms with E-state index in [4.69, 9.17) is 5.73 Å². The van der Waals surface area contributed by atoms with Crippen LogP contribution < -0.4 is 10.7 Å². The molecule has 2 N–H and O–H groups in total. The van der Waals surface area contributed by atoms with E-state index in [1.807, 2.05) is 24.3 Å². The van der Waals surface area contributed by atoms with Gasteiger partial charge in [0.05, 0.1) is 5.69 Å². The van der Waals surface area contributed by atoms with E-state index in [1.165, 1.54) is 9.91 Å². The molecule has 0 spiro atoms. The number of nitrogens with two attached hydrogens (primary N) is 1. The Morgan fingerprint density at radius 3 is 2.56 bits per heavy atom. The molecule has 0 bridgehead atoms. The fraction of sp³-hybridized carbons (Fsp3) is 0.200. The lowest BCUT2D eigenvalue weighted by molar-refractivity contribution is -0.123. The van der Waals surface area contributed by atoms with Crippen LogP contribution in [0.2, 0.25) is 0 Å². The minimum Gasteiger partial charge on any atom is -0.366 e. The number of rotatable bonds is 5. The number of hydrogen-bond donors (Lipinski definition) is 1. The Morgan fingerprint density at radius 2 is 1.85 bits per heavy atom. The van der Waals surface area contributed by atoms with Gasteiger partial charge in [0.15, 0.2) is 0 Å². The van der Waals surface area contributed by atoms with Crippen molar-refractivity contribution in [1.29, 1.82) is 0 Å². The Hall–Kier alpha value is -3.48. The van der Waals surface area contributed by atoms with Gasteiger partial charge in [-0.2, -0.15) is 5.10 Å². The minimum atomic E-state index is -0.514. The van der Waals surface area contributed by atoms with Crippen molar-refractivity contribution >= 4 is 29.1 Å². The van der Waals surface area contributed by atoms with Crippen LogP contribution >= 0.6 is 0 Å². The Balaban J connectivity index is 1.77. The number of amides is 3. The molecule has 3 amide bonds.